The summed E-state index contributed by atoms with van der Waals surface area (Å²) in [6.45, 7) is 8.26. The van der Waals surface area contributed by atoms with Crippen LogP contribution < -0.4 is 20.9 Å². The quantitative estimate of drug-likeness (QED) is 0.169. The van der Waals surface area contributed by atoms with E-state index in [-0.39, 0.29) is 29.5 Å². The van der Waals surface area contributed by atoms with Crippen LogP contribution in [0.3, 0.4) is 0 Å². The summed E-state index contributed by atoms with van der Waals surface area (Å²) in [6.07, 6.45) is 3.60. The molecule has 0 unspecified atom stereocenters. The van der Waals surface area contributed by atoms with E-state index >= 15 is 0 Å². The van der Waals surface area contributed by atoms with Crippen LogP contribution in [0.1, 0.15) is 24.1 Å². The Morgan fingerprint density at radius 3 is 2.69 bits per heavy atom. The Kier molecular flexibility index (Phi) is 11.8. The summed E-state index contributed by atoms with van der Waals surface area (Å²) in [6, 6.07) is 13.3. The van der Waals surface area contributed by atoms with Gasteiger partial charge in [0, 0.05) is 44.0 Å². The largest absolute Gasteiger partial charge is 0.489 e. The first kappa shape index (κ1) is 24.7. The molecule has 1 aromatic heterocycles. The maximum absolute atomic E-state index is 11.9. The summed E-state index contributed by atoms with van der Waals surface area (Å²) in [5.41, 5.74) is 2.12. The number of benzene rings is 1. The Balaban J connectivity index is 0.00000420. The number of para-hydroxylation sites is 1. The zero-order chi connectivity index (χ0) is 20.2. The van der Waals surface area contributed by atoms with Gasteiger partial charge in [0.1, 0.15) is 12.4 Å². The van der Waals surface area contributed by atoms with E-state index in [4.69, 9.17) is 4.74 Å². The highest BCUT2D eigenvalue weighted by Crippen LogP contribution is 2.17. The van der Waals surface area contributed by atoms with Gasteiger partial charge in [-0.15, -0.1) is 24.0 Å². The molecule has 1 aromatic carbocycles. The average molecular weight is 510 g/mol. The molecule has 0 amide bonds. The van der Waals surface area contributed by atoms with E-state index in [1.54, 1.807) is 25.3 Å². The highest BCUT2D eigenvalue weighted by atomic mass is 127. The molecule has 0 aliphatic heterocycles. The first-order valence-corrected chi connectivity index (χ1v) is 9.58. The summed E-state index contributed by atoms with van der Waals surface area (Å²) in [7, 11) is 1.75. The van der Waals surface area contributed by atoms with Crippen molar-refractivity contribution >= 4 is 29.9 Å². The minimum atomic E-state index is 0. The van der Waals surface area contributed by atoms with Crippen molar-refractivity contribution < 1.29 is 4.74 Å². The summed E-state index contributed by atoms with van der Waals surface area (Å²) in [5, 5.41) is 6.62. The first-order valence-electron chi connectivity index (χ1n) is 9.58. The lowest BCUT2D eigenvalue weighted by atomic mass is 10.2. The van der Waals surface area contributed by atoms with E-state index in [1.165, 1.54) is 0 Å². The first-order chi connectivity index (χ1) is 13.7. The maximum Gasteiger partial charge on any atom is 0.250 e. The number of pyridine rings is 1. The molecule has 0 aliphatic rings. The number of aliphatic imine (C=N–C) groups is 1. The Morgan fingerprint density at radius 2 is 1.97 bits per heavy atom. The number of nitrogens with one attached hydrogen (secondary N) is 2. The molecule has 2 rings (SSSR count). The van der Waals surface area contributed by atoms with E-state index < -0.39 is 0 Å². The SMILES string of the molecule is C=CCOc1ccccc1CNC(=NC)NCCCCn1c(C)cccc1=O.I. The maximum atomic E-state index is 11.9. The van der Waals surface area contributed by atoms with Gasteiger partial charge in [0.05, 0.1) is 0 Å². The van der Waals surface area contributed by atoms with Crippen LogP contribution in [0.4, 0.5) is 0 Å². The molecule has 0 aliphatic carbocycles. The number of rotatable bonds is 10. The molecule has 0 saturated carbocycles. The molecule has 0 atom stereocenters. The van der Waals surface area contributed by atoms with Gasteiger partial charge in [-0.05, 0) is 31.9 Å². The molecular formula is C22H31IN4O2. The molecule has 158 valence electrons. The Morgan fingerprint density at radius 1 is 1.17 bits per heavy atom. The molecule has 0 radical (unpaired) electrons. The third-order valence-corrected chi connectivity index (χ3v) is 4.37. The van der Waals surface area contributed by atoms with Gasteiger partial charge in [-0.2, -0.15) is 0 Å². The number of hydrogen-bond donors (Lipinski definition) is 2. The van der Waals surface area contributed by atoms with E-state index in [2.05, 4.69) is 22.2 Å². The van der Waals surface area contributed by atoms with Crippen LogP contribution in [-0.2, 0) is 13.1 Å². The second-order valence-electron chi connectivity index (χ2n) is 6.42. The fourth-order valence-corrected chi connectivity index (χ4v) is 2.85. The highest BCUT2D eigenvalue weighted by molar-refractivity contribution is 14.0. The van der Waals surface area contributed by atoms with Crippen LogP contribution in [0.15, 0.2) is 64.9 Å². The van der Waals surface area contributed by atoms with E-state index in [0.717, 1.165) is 48.9 Å². The van der Waals surface area contributed by atoms with Gasteiger partial charge in [-0.3, -0.25) is 9.79 Å². The second-order valence-corrected chi connectivity index (χ2v) is 6.42. The number of unbranched alkanes of at least 4 members (excludes halogenated alkanes) is 1. The van der Waals surface area contributed by atoms with Gasteiger partial charge in [-0.25, -0.2) is 0 Å². The van der Waals surface area contributed by atoms with Gasteiger partial charge in [0.15, 0.2) is 5.96 Å². The molecular weight excluding hydrogens is 479 g/mol. The number of ether oxygens (including phenoxy) is 1. The van der Waals surface area contributed by atoms with Gasteiger partial charge in [0.25, 0.3) is 5.56 Å². The average Bonchev–Trinajstić information content (AvgIpc) is 2.71. The molecule has 0 bridgehead atoms. The topological polar surface area (TPSA) is 67.7 Å². The third-order valence-electron chi connectivity index (χ3n) is 4.37. The Labute approximate surface area is 190 Å². The van der Waals surface area contributed by atoms with Crippen LogP contribution in [0.5, 0.6) is 5.75 Å². The third kappa shape index (κ3) is 8.31. The highest BCUT2D eigenvalue weighted by Gasteiger charge is 2.04. The summed E-state index contributed by atoms with van der Waals surface area (Å²) < 4.78 is 7.49. The number of aromatic nitrogens is 1. The molecule has 2 N–H and O–H groups in total. The number of guanidine groups is 1. The van der Waals surface area contributed by atoms with Crippen LogP contribution in [0, 0.1) is 6.92 Å². The van der Waals surface area contributed by atoms with Crippen molar-refractivity contribution in [3.63, 3.8) is 0 Å². The molecule has 29 heavy (non-hydrogen) atoms. The van der Waals surface area contributed by atoms with Crippen LogP contribution in [-0.4, -0.2) is 30.7 Å². The fourth-order valence-electron chi connectivity index (χ4n) is 2.85. The molecule has 0 fully saturated rings. The van der Waals surface area contributed by atoms with Crippen molar-refractivity contribution in [2.24, 2.45) is 4.99 Å². The standard InChI is InChI=1S/C22H30N4O2.HI/c1-4-16-28-20-12-6-5-11-19(20)17-25-22(23-3)24-14-7-8-15-26-18(2)10-9-13-21(26)27;/h4-6,9-13H,1,7-8,14-17H2,2-3H3,(H2,23,24,25);1H. The van der Waals surface area contributed by atoms with Crippen LogP contribution in [0.25, 0.3) is 0 Å². The predicted molar refractivity (Wildman–Crippen MR) is 130 cm³/mol. The molecule has 2 aromatic rings. The minimum absolute atomic E-state index is 0. The normalized spacial score (nSPS) is 10.8. The van der Waals surface area contributed by atoms with Gasteiger partial charge < -0.3 is 19.9 Å². The van der Waals surface area contributed by atoms with Crippen LogP contribution in [0.2, 0.25) is 0 Å². The Bertz CT molecular complexity index is 849. The fraction of sp³-hybridized carbons (Fsp3) is 0.364. The number of hydrogen-bond acceptors (Lipinski definition) is 3. The lowest BCUT2D eigenvalue weighted by Gasteiger charge is -2.14. The van der Waals surface area contributed by atoms with Crippen molar-refractivity contribution in [1.29, 1.82) is 0 Å². The van der Waals surface area contributed by atoms with Gasteiger partial charge >= 0.3 is 0 Å². The van der Waals surface area contributed by atoms with Crippen molar-refractivity contribution in [3.05, 3.63) is 76.7 Å². The predicted octanol–water partition coefficient (Wildman–Crippen LogP) is 3.48. The summed E-state index contributed by atoms with van der Waals surface area (Å²) in [5.74, 6) is 1.58. The Hall–Kier alpha value is -2.29. The zero-order valence-electron chi connectivity index (χ0n) is 17.2. The van der Waals surface area contributed by atoms with E-state index in [0.29, 0.717) is 13.2 Å². The molecule has 0 saturated heterocycles. The molecule has 0 spiro atoms. The molecule has 1 heterocycles. The van der Waals surface area contributed by atoms with E-state index in [1.807, 2.05) is 41.8 Å². The van der Waals surface area contributed by atoms with Gasteiger partial charge in [0.2, 0.25) is 0 Å². The number of nitrogens with zero attached hydrogens (tertiary/aromatic N) is 2. The molecule has 7 heteroatoms. The lowest BCUT2D eigenvalue weighted by molar-refractivity contribution is 0.358. The second kappa shape index (κ2) is 13.8. The number of halogens is 1. The number of aryl methyl sites for hydroxylation is 1. The summed E-state index contributed by atoms with van der Waals surface area (Å²) >= 11 is 0. The van der Waals surface area contributed by atoms with Crippen LogP contribution >= 0.6 is 24.0 Å². The van der Waals surface area contributed by atoms with Crippen molar-refractivity contribution in [2.45, 2.75) is 32.9 Å². The lowest BCUT2D eigenvalue weighted by Crippen LogP contribution is -2.37. The monoisotopic (exact) mass is 510 g/mol. The molecule has 6 nitrogen and oxygen atoms in total. The van der Waals surface area contributed by atoms with Gasteiger partial charge in [-0.1, -0.05) is 36.9 Å². The van der Waals surface area contributed by atoms with Crippen molar-refractivity contribution in [3.8, 4) is 5.75 Å². The van der Waals surface area contributed by atoms with Crippen molar-refractivity contribution in [2.75, 3.05) is 20.2 Å². The smallest absolute Gasteiger partial charge is 0.250 e. The minimum Gasteiger partial charge on any atom is -0.489 e. The van der Waals surface area contributed by atoms with E-state index in [9.17, 15) is 4.79 Å². The van der Waals surface area contributed by atoms with Crippen molar-refractivity contribution in [1.82, 2.24) is 15.2 Å². The summed E-state index contributed by atoms with van der Waals surface area (Å²) in [4.78, 5) is 16.1. The zero-order valence-corrected chi connectivity index (χ0v) is 19.5.